The van der Waals surface area contributed by atoms with Crippen molar-refractivity contribution in [2.24, 2.45) is 5.73 Å². The monoisotopic (exact) mass is 227 g/mol. The van der Waals surface area contributed by atoms with Gasteiger partial charge >= 0.3 is 0 Å². The van der Waals surface area contributed by atoms with E-state index in [4.69, 9.17) is 5.73 Å². The number of carbonyl (C=O) groups excluding carboxylic acids is 1. The van der Waals surface area contributed by atoms with Gasteiger partial charge in [-0.05, 0) is 20.3 Å². The van der Waals surface area contributed by atoms with E-state index in [1.807, 2.05) is 12.3 Å². The van der Waals surface area contributed by atoms with Gasteiger partial charge in [0, 0.05) is 11.6 Å². The molecule has 15 heavy (non-hydrogen) atoms. The molecule has 1 amide bonds. The summed E-state index contributed by atoms with van der Waals surface area (Å²) in [5.74, 6) is -0.149. The SMILES string of the molecule is CCC(NC(=O)C(C)(C)N)c1nccs1. The van der Waals surface area contributed by atoms with Gasteiger partial charge in [0.05, 0.1) is 11.6 Å². The molecular weight excluding hydrogens is 210 g/mol. The van der Waals surface area contributed by atoms with Crippen LogP contribution in [-0.2, 0) is 4.79 Å². The van der Waals surface area contributed by atoms with Crippen LogP contribution < -0.4 is 11.1 Å². The summed E-state index contributed by atoms with van der Waals surface area (Å²) >= 11 is 1.54. The Morgan fingerprint density at radius 3 is 2.80 bits per heavy atom. The van der Waals surface area contributed by atoms with Crippen molar-refractivity contribution in [1.29, 1.82) is 0 Å². The third kappa shape index (κ3) is 3.28. The Morgan fingerprint density at radius 2 is 2.40 bits per heavy atom. The predicted molar refractivity (Wildman–Crippen MR) is 61.6 cm³/mol. The maximum absolute atomic E-state index is 11.7. The van der Waals surface area contributed by atoms with Crippen molar-refractivity contribution in [1.82, 2.24) is 10.3 Å². The minimum atomic E-state index is -0.843. The van der Waals surface area contributed by atoms with Gasteiger partial charge in [0.25, 0.3) is 0 Å². The van der Waals surface area contributed by atoms with Gasteiger partial charge < -0.3 is 11.1 Å². The van der Waals surface area contributed by atoms with E-state index >= 15 is 0 Å². The number of nitrogens with two attached hydrogens (primary N) is 1. The first-order valence-corrected chi connectivity index (χ1v) is 5.82. The highest BCUT2D eigenvalue weighted by molar-refractivity contribution is 7.09. The Bertz CT molecular complexity index is 316. The first kappa shape index (κ1) is 12.1. The van der Waals surface area contributed by atoms with Crippen LogP contribution in [-0.4, -0.2) is 16.4 Å². The van der Waals surface area contributed by atoms with Crippen LogP contribution in [0.3, 0.4) is 0 Å². The fourth-order valence-corrected chi connectivity index (χ4v) is 1.86. The van der Waals surface area contributed by atoms with Gasteiger partial charge in [-0.25, -0.2) is 4.98 Å². The van der Waals surface area contributed by atoms with E-state index in [1.54, 1.807) is 31.4 Å². The second-order valence-electron chi connectivity index (χ2n) is 4.03. The molecule has 84 valence electrons. The lowest BCUT2D eigenvalue weighted by atomic mass is 10.1. The molecule has 0 radical (unpaired) electrons. The maximum atomic E-state index is 11.7. The van der Waals surface area contributed by atoms with Crippen molar-refractivity contribution < 1.29 is 4.79 Å². The van der Waals surface area contributed by atoms with E-state index < -0.39 is 5.54 Å². The molecule has 0 aliphatic carbocycles. The topological polar surface area (TPSA) is 68.0 Å². The zero-order chi connectivity index (χ0) is 11.5. The van der Waals surface area contributed by atoms with Gasteiger partial charge in [0.1, 0.15) is 5.01 Å². The van der Waals surface area contributed by atoms with E-state index in [0.717, 1.165) is 11.4 Å². The summed E-state index contributed by atoms with van der Waals surface area (Å²) in [6.45, 7) is 5.39. The summed E-state index contributed by atoms with van der Waals surface area (Å²) in [6.07, 6.45) is 2.55. The normalized spacial score (nSPS) is 13.6. The van der Waals surface area contributed by atoms with Crippen LogP contribution in [0.4, 0.5) is 0 Å². The number of nitrogens with one attached hydrogen (secondary N) is 1. The minimum Gasteiger partial charge on any atom is -0.345 e. The molecular formula is C10H17N3OS. The second kappa shape index (κ2) is 4.72. The Morgan fingerprint density at radius 1 is 1.73 bits per heavy atom. The molecule has 5 heteroatoms. The molecule has 0 saturated heterocycles. The number of amides is 1. The lowest BCUT2D eigenvalue weighted by Crippen LogP contribution is -2.49. The minimum absolute atomic E-state index is 0.0275. The zero-order valence-electron chi connectivity index (χ0n) is 9.28. The summed E-state index contributed by atoms with van der Waals surface area (Å²) in [5, 5.41) is 5.72. The number of hydrogen-bond acceptors (Lipinski definition) is 4. The number of aromatic nitrogens is 1. The molecule has 0 saturated carbocycles. The molecule has 0 aliphatic rings. The molecule has 1 heterocycles. The molecule has 1 unspecified atom stereocenters. The largest absolute Gasteiger partial charge is 0.345 e. The molecule has 3 N–H and O–H groups in total. The van der Waals surface area contributed by atoms with Crippen molar-refractivity contribution in [2.45, 2.75) is 38.8 Å². The van der Waals surface area contributed by atoms with Crippen molar-refractivity contribution in [3.63, 3.8) is 0 Å². The first-order valence-electron chi connectivity index (χ1n) is 4.94. The van der Waals surface area contributed by atoms with Crippen LogP contribution in [0, 0.1) is 0 Å². The number of hydrogen-bond donors (Lipinski definition) is 2. The van der Waals surface area contributed by atoms with Crippen LogP contribution in [0.15, 0.2) is 11.6 Å². The highest BCUT2D eigenvalue weighted by atomic mass is 32.1. The fraction of sp³-hybridized carbons (Fsp3) is 0.600. The van der Waals surface area contributed by atoms with Crippen LogP contribution >= 0.6 is 11.3 Å². The second-order valence-corrected chi connectivity index (χ2v) is 4.95. The number of thiazole rings is 1. The summed E-state index contributed by atoms with van der Waals surface area (Å²) < 4.78 is 0. The highest BCUT2D eigenvalue weighted by Gasteiger charge is 2.25. The average Bonchev–Trinajstić information content (AvgIpc) is 2.64. The standard InChI is InChI=1S/C10H17N3OS/c1-4-7(8-12-5-6-15-8)13-9(14)10(2,3)11/h5-7H,4,11H2,1-3H3,(H,13,14). The molecule has 1 aromatic rings. The molecule has 1 atom stereocenters. The van der Waals surface area contributed by atoms with E-state index in [1.165, 1.54) is 0 Å². The van der Waals surface area contributed by atoms with Gasteiger partial charge in [0.2, 0.25) is 5.91 Å². The maximum Gasteiger partial charge on any atom is 0.240 e. The molecule has 0 aromatic carbocycles. The van der Waals surface area contributed by atoms with Crippen molar-refractivity contribution in [2.75, 3.05) is 0 Å². The molecule has 0 bridgehead atoms. The third-order valence-electron chi connectivity index (χ3n) is 2.05. The number of carbonyl (C=O) groups is 1. The van der Waals surface area contributed by atoms with Crippen molar-refractivity contribution in [3.05, 3.63) is 16.6 Å². The molecule has 0 fully saturated rings. The van der Waals surface area contributed by atoms with Gasteiger partial charge in [-0.3, -0.25) is 4.79 Å². The number of rotatable bonds is 4. The fourth-order valence-electron chi connectivity index (χ4n) is 1.09. The molecule has 1 rings (SSSR count). The van der Waals surface area contributed by atoms with Crippen molar-refractivity contribution in [3.8, 4) is 0 Å². The van der Waals surface area contributed by atoms with Crippen molar-refractivity contribution >= 4 is 17.2 Å². The molecule has 4 nitrogen and oxygen atoms in total. The van der Waals surface area contributed by atoms with Gasteiger partial charge in [0.15, 0.2) is 0 Å². The Labute approximate surface area is 93.9 Å². The van der Waals surface area contributed by atoms with Crippen LogP contribution in [0.25, 0.3) is 0 Å². The first-order chi connectivity index (χ1) is 6.95. The van der Waals surface area contributed by atoms with Gasteiger partial charge in [-0.15, -0.1) is 11.3 Å². The van der Waals surface area contributed by atoms with E-state index in [9.17, 15) is 4.79 Å². The van der Waals surface area contributed by atoms with E-state index in [2.05, 4.69) is 10.3 Å². The lowest BCUT2D eigenvalue weighted by Gasteiger charge is -2.22. The Kier molecular flexibility index (Phi) is 3.82. The summed E-state index contributed by atoms with van der Waals surface area (Å²) in [5.41, 5.74) is 4.86. The highest BCUT2D eigenvalue weighted by Crippen LogP contribution is 2.19. The summed E-state index contributed by atoms with van der Waals surface area (Å²) in [4.78, 5) is 15.9. The van der Waals surface area contributed by atoms with E-state index in [-0.39, 0.29) is 11.9 Å². The number of nitrogens with zero attached hydrogens (tertiary/aromatic N) is 1. The Hall–Kier alpha value is -0.940. The molecule has 1 aromatic heterocycles. The predicted octanol–water partition coefficient (Wildman–Crippen LogP) is 1.45. The summed E-state index contributed by atoms with van der Waals surface area (Å²) in [7, 11) is 0. The smallest absolute Gasteiger partial charge is 0.240 e. The zero-order valence-corrected chi connectivity index (χ0v) is 10.1. The van der Waals surface area contributed by atoms with Crippen LogP contribution in [0.5, 0.6) is 0 Å². The van der Waals surface area contributed by atoms with Crippen LogP contribution in [0.2, 0.25) is 0 Å². The van der Waals surface area contributed by atoms with Crippen LogP contribution in [0.1, 0.15) is 38.2 Å². The van der Waals surface area contributed by atoms with Gasteiger partial charge in [-0.1, -0.05) is 6.92 Å². The Balaban J connectivity index is 2.67. The average molecular weight is 227 g/mol. The quantitative estimate of drug-likeness (QED) is 0.818. The van der Waals surface area contributed by atoms with E-state index in [0.29, 0.717) is 0 Å². The third-order valence-corrected chi connectivity index (χ3v) is 2.94. The molecule has 0 spiro atoms. The van der Waals surface area contributed by atoms with Gasteiger partial charge in [-0.2, -0.15) is 0 Å². The molecule has 0 aliphatic heterocycles. The lowest BCUT2D eigenvalue weighted by molar-refractivity contribution is -0.126. The summed E-state index contributed by atoms with van der Waals surface area (Å²) in [6, 6.07) is -0.0275.